The number of hydrogen-bond acceptors (Lipinski definition) is 1. The van der Waals surface area contributed by atoms with E-state index in [-0.39, 0.29) is 0 Å². The van der Waals surface area contributed by atoms with Crippen LogP contribution in [0.15, 0.2) is 12.2 Å². The van der Waals surface area contributed by atoms with E-state index in [9.17, 15) is 4.79 Å². The first kappa shape index (κ1) is 9.82. The van der Waals surface area contributed by atoms with Crippen molar-refractivity contribution in [3.8, 4) is 0 Å². The van der Waals surface area contributed by atoms with Gasteiger partial charge < -0.3 is 0 Å². The van der Waals surface area contributed by atoms with E-state index in [0.29, 0.717) is 23.2 Å². The topological polar surface area (TPSA) is 17.1 Å². The van der Waals surface area contributed by atoms with Gasteiger partial charge in [0.2, 0.25) is 0 Å². The highest BCUT2D eigenvalue weighted by molar-refractivity contribution is 6.80. The zero-order valence-corrected chi connectivity index (χ0v) is 10.9. The number of carbonyl (C=O) groups is 1. The van der Waals surface area contributed by atoms with Crippen LogP contribution in [0.1, 0.15) is 12.8 Å². The van der Waals surface area contributed by atoms with Crippen molar-refractivity contribution >= 4 is 13.9 Å². The first-order chi connectivity index (χ1) is 6.98. The van der Waals surface area contributed by atoms with Gasteiger partial charge in [-0.3, -0.25) is 4.79 Å². The number of ketones is 1. The third-order valence-corrected chi connectivity index (χ3v) is 7.46. The molecule has 3 aliphatic carbocycles. The molecule has 15 heavy (non-hydrogen) atoms. The highest BCUT2D eigenvalue weighted by Crippen LogP contribution is 2.58. The summed E-state index contributed by atoms with van der Waals surface area (Å²) in [5.41, 5.74) is 0.456. The van der Waals surface area contributed by atoms with Gasteiger partial charge in [0.1, 0.15) is 5.78 Å². The summed E-state index contributed by atoms with van der Waals surface area (Å²) in [6.45, 7) is 7.06. The van der Waals surface area contributed by atoms with Crippen molar-refractivity contribution in [3.63, 3.8) is 0 Å². The molecular weight excluding hydrogens is 200 g/mol. The van der Waals surface area contributed by atoms with E-state index >= 15 is 0 Å². The summed E-state index contributed by atoms with van der Waals surface area (Å²) in [5.74, 6) is 3.16. The Labute approximate surface area is 93.0 Å². The molecule has 0 heterocycles. The molecule has 0 aromatic heterocycles. The lowest BCUT2D eigenvalue weighted by Crippen LogP contribution is -2.33. The van der Waals surface area contributed by atoms with Gasteiger partial charge in [0.05, 0.1) is 8.07 Å². The Balaban J connectivity index is 1.90. The van der Waals surface area contributed by atoms with E-state index in [1.54, 1.807) is 0 Å². The van der Waals surface area contributed by atoms with Crippen LogP contribution in [0.25, 0.3) is 0 Å². The second kappa shape index (κ2) is 2.85. The Kier molecular flexibility index (Phi) is 1.86. The molecule has 0 radical (unpaired) electrons. The minimum atomic E-state index is -1.26. The second-order valence-corrected chi connectivity index (χ2v) is 12.1. The molecule has 82 valence electrons. The molecule has 0 aliphatic heterocycles. The van der Waals surface area contributed by atoms with Crippen LogP contribution in [0.4, 0.5) is 0 Å². The number of Topliss-reactive ketones (excluding diaryl/α,β-unsaturated/α-hetero) is 1. The molecule has 2 heteroatoms. The van der Waals surface area contributed by atoms with E-state index in [1.807, 2.05) is 0 Å². The fourth-order valence-electron chi connectivity index (χ4n) is 4.07. The number of carbonyl (C=O) groups excluding carboxylic acids is 1. The summed E-state index contributed by atoms with van der Waals surface area (Å²) in [6, 6.07) is 0. The van der Waals surface area contributed by atoms with E-state index in [1.165, 1.54) is 12.8 Å². The summed E-state index contributed by atoms with van der Waals surface area (Å²) >= 11 is 0. The predicted molar refractivity (Wildman–Crippen MR) is 64.4 cm³/mol. The van der Waals surface area contributed by atoms with Gasteiger partial charge in [-0.1, -0.05) is 31.8 Å². The van der Waals surface area contributed by atoms with E-state index in [4.69, 9.17) is 0 Å². The Morgan fingerprint density at radius 2 is 1.80 bits per heavy atom. The maximum Gasteiger partial charge on any atom is 0.137 e. The average Bonchev–Trinajstić information content (AvgIpc) is 2.73. The molecule has 2 fully saturated rings. The number of fused-ring (bicyclic) bond motifs is 5. The molecule has 2 bridgehead atoms. The monoisotopic (exact) mass is 220 g/mol. The first-order valence-electron chi connectivity index (χ1n) is 6.20. The summed E-state index contributed by atoms with van der Waals surface area (Å²) in [7, 11) is -1.26. The lowest BCUT2D eigenvalue weighted by Gasteiger charge is -2.24. The zero-order valence-electron chi connectivity index (χ0n) is 9.86. The molecule has 0 aromatic carbocycles. The van der Waals surface area contributed by atoms with Gasteiger partial charge in [-0.05, 0) is 30.6 Å². The van der Waals surface area contributed by atoms with Gasteiger partial charge in [0.15, 0.2) is 0 Å². The normalized spacial score (nSPS) is 47.7. The SMILES string of the molecule is C[Si](C)(C)C1C[C@H]2[C@@H](C1=O)[C@H]1C=C[C@@H]2C1. The van der Waals surface area contributed by atoms with Gasteiger partial charge in [-0.2, -0.15) is 0 Å². The number of allylic oxidation sites excluding steroid dienone is 2. The maximum absolute atomic E-state index is 12.4. The van der Waals surface area contributed by atoms with Gasteiger partial charge in [-0.25, -0.2) is 0 Å². The quantitative estimate of drug-likeness (QED) is 0.490. The van der Waals surface area contributed by atoms with E-state index in [0.717, 1.165) is 11.8 Å². The Morgan fingerprint density at radius 1 is 1.13 bits per heavy atom. The summed E-state index contributed by atoms with van der Waals surface area (Å²) < 4.78 is 0. The molecule has 0 spiro atoms. The van der Waals surface area contributed by atoms with Gasteiger partial charge in [0, 0.05) is 11.5 Å². The molecule has 3 rings (SSSR count). The predicted octanol–water partition coefficient (Wildman–Crippen LogP) is 3.11. The molecule has 1 nitrogen and oxygen atoms in total. The van der Waals surface area contributed by atoms with Gasteiger partial charge in [0.25, 0.3) is 0 Å². The Morgan fingerprint density at radius 3 is 2.40 bits per heavy atom. The van der Waals surface area contributed by atoms with Crippen molar-refractivity contribution in [1.29, 1.82) is 0 Å². The molecule has 0 N–H and O–H groups in total. The van der Waals surface area contributed by atoms with E-state index < -0.39 is 8.07 Å². The fourth-order valence-corrected chi connectivity index (χ4v) is 6.09. The Hall–Kier alpha value is -0.373. The largest absolute Gasteiger partial charge is 0.299 e. The number of hydrogen-bond donors (Lipinski definition) is 0. The fraction of sp³-hybridized carbons (Fsp3) is 0.769. The zero-order chi connectivity index (χ0) is 10.8. The second-order valence-electron chi connectivity index (χ2n) is 6.69. The van der Waals surface area contributed by atoms with Crippen LogP contribution < -0.4 is 0 Å². The van der Waals surface area contributed by atoms with Crippen molar-refractivity contribution in [2.24, 2.45) is 23.7 Å². The molecule has 0 saturated heterocycles. The van der Waals surface area contributed by atoms with Gasteiger partial charge >= 0.3 is 0 Å². The molecule has 2 saturated carbocycles. The third-order valence-electron chi connectivity index (χ3n) is 4.85. The Bertz CT molecular complexity index is 339. The van der Waals surface area contributed by atoms with Crippen molar-refractivity contribution in [1.82, 2.24) is 0 Å². The lowest BCUT2D eigenvalue weighted by atomic mass is 9.86. The maximum atomic E-state index is 12.4. The first-order valence-corrected chi connectivity index (χ1v) is 9.78. The van der Waals surface area contributed by atoms with E-state index in [2.05, 4.69) is 31.8 Å². The van der Waals surface area contributed by atoms with Crippen LogP contribution in [0.5, 0.6) is 0 Å². The van der Waals surface area contributed by atoms with Crippen LogP contribution in [0, 0.1) is 23.7 Å². The molecule has 3 aliphatic rings. The smallest absolute Gasteiger partial charge is 0.137 e. The standard InChI is InChI=1S/C13H20OSi/c1-15(2,3)11-7-10-8-4-5-9(6-8)12(10)13(11)14/h4-5,8-12H,6-7H2,1-3H3/t8-,9+,10-,11?,12+/m1/s1. The number of rotatable bonds is 1. The van der Waals surface area contributed by atoms with Crippen LogP contribution >= 0.6 is 0 Å². The van der Waals surface area contributed by atoms with Crippen molar-refractivity contribution in [2.45, 2.75) is 38.0 Å². The lowest BCUT2D eigenvalue weighted by molar-refractivity contribution is -0.121. The highest BCUT2D eigenvalue weighted by Gasteiger charge is 2.56. The van der Waals surface area contributed by atoms with Gasteiger partial charge in [-0.15, -0.1) is 0 Å². The molecule has 0 amide bonds. The molecule has 1 unspecified atom stereocenters. The van der Waals surface area contributed by atoms with Crippen LogP contribution in [-0.2, 0) is 4.79 Å². The van der Waals surface area contributed by atoms with Crippen LogP contribution in [0.2, 0.25) is 25.2 Å². The average molecular weight is 220 g/mol. The van der Waals surface area contributed by atoms with Crippen LogP contribution in [0.3, 0.4) is 0 Å². The van der Waals surface area contributed by atoms with Crippen LogP contribution in [-0.4, -0.2) is 13.9 Å². The minimum Gasteiger partial charge on any atom is -0.299 e. The summed E-state index contributed by atoms with van der Waals surface area (Å²) in [4.78, 5) is 12.4. The van der Waals surface area contributed by atoms with Crippen molar-refractivity contribution in [3.05, 3.63) is 12.2 Å². The summed E-state index contributed by atoms with van der Waals surface area (Å²) in [6.07, 6.45) is 7.19. The highest BCUT2D eigenvalue weighted by atomic mass is 28.3. The minimum absolute atomic E-state index is 0.428. The van der Waals surface area contributed by atoms with Crippen molar-refractivity contribution in [2.75, 3.05) is 0 Å². The molecular formula is C13H20OSi. The molecule has 0 aromatic rings. The third kappa shape index (κ3) is 1.23. The summed E-state index contributed by atoms with van der Waals surface area (Å²) in [5, 5.41) is 0. The molecule has 5 atom stereocenters. The van der Waals surface area contributed by atoms with Crippen molar-refractivity contribution < 1.29 is 4.79 Å².